The Balaban J connectivity index is 1.82. The molecule has 6 nitrogen and oxygen atoms in total. The Morgan fingerprint density at radius 1 is 1.23 bits per heavy atom. The smallest absolute Gasteiger partial charge is 0.306 e. The van der Waals surface area contributed by atoms with Crippen molar-refractivity contribution in [1.29, 1.82) is 0 Å². The Kier molecular flexibility index (Phi) is 5.11. The summed E-state index contributed by atoms with van der Waals surface area (Å²) in [5.41, 5.74) is 3.50. The molecule has 1 fully saturated rings. The molecule has 1 aliphatic rings. The van der Waals surface area contributed by atoms with E-state index in [1.54, 1.807) is 6.20 Å². The average Bonchev–Trinajstić information content (AvgIpc) is 3.22. The molecule has 0 aliphatic heterocycles. The summed E-state index contributed by atoms with van der Waals surface area (Å²) in [6.07, 6.45) is 3.41. The monoisotopic (exact) mass is 355 g/mol. The van der Waals surface area contributed by atoms with E-state index in [0.717, 1.165) is 11.4 Å². The molecule has 0 spiro atoms. The number of amides is 1. The number of carboxylic acids is 1. The van der Waals surface area contributed by atoms with Gasteiger partial charge in [-0.2, -0.15) is 5.10 Å². The van der Waals surface area contributed by atoms with Gasteiger partial charge < -0.3 is 10.4 Å². The lowest BCUT2D eigenvalue weighted by Gasteiger charge is -2.15. The van der Waals surface area contributed by atoms with Crippen LogP contribution in [0, 0.1) is 12.8 Å². The second-order valence-electron chi connectivity index (χ2n) is 7.36. The molecule has 1 amide bonds. The zero-order valence-corrected chi connectivity index (χ0v) is 15.4. The van der Waals surface area contributed by atoms with Gasteiger partial charge in [0.15, 0.2) is 0 Å². The highest BCUT2D eigenvalue weighted by atomic mass is 16.4. The fraction of sp³-hybridized carbons (Fsp3) is 0.450. The molecule has 1 aromatic heterocycles. The highest BCUT2D eigenvalue weighted by Crippen LogP contribution is 2.27. The van der Waals surface area contributed by atoms with Crippen LogP contribution in [0.2, 0.25) is 0 Å². The van der Waals surface area contributed by atoms with E-state index >= 15 is 0 Å². The second kappa shape index (κ2) is 7.32. The molecule has 0 unspecified atom stereocenters. The van der Waals surface area contributed by atoms with Gasteiger partial charge in [0, 0.05) is 6.04 Å². The van der Waals surface area contributed by atoms with E-state index < -0.39 is 5.97 Å². The van der Waals surface area contributed by atoms with Gasteiger partial charge in [0.25, 0.3) is 5.91 Å². The summed E-state index contributed by atoms with van der Waals surface area (Å²) in [6.45, 7) is 6.10. The molecule has 0 radical (unpaired) electrons. The molecular formula is C20H25N3O3. The molecule has 1 aliphatic carbocycles. The fourth-order valence-corrected chi connectivity index (χ4v) is 3.58. The summed E-state index contributed by atoms with van der Waals surface area (Å²) in [5, 5.41) is 16.6. The van der Waals surface area contributed by atoms with E-state index in [-0.39, 0.29) is 23.8 Å². The molecule has 6 heteroatoms. The van der Waals surface area contributed by atoms with Gasteiger partial charge >= 0.3 is 5.97 Å². The third-order valence-corrected chi connectivity index (χ3v) is 4.99. The summed E-state index contributed by atoms with van der Waals surface area (Å²) in [4.78, 5) is 23.9. The van der Waals surface area contributed by atoms with E-state index in [1.165, 1.54) is 5.56 Å². The maximum Gasteiger partial charge on any atom is 0.306 e. The summed E-state index contributed by atoms with van der Waals surface area (Å²) >= 11 is 0. The zero-order valence-electron chi connectivity index (χ0n) is 15.4. The van der Waals surface area contributed by atoms with Crippen molar-refractivity contribution in [2.24, 2.45) is 5.92 Å². The predicted molar refractivity (Wildman–Crippen MR) is 98.6 cm³/mol. The second-order valence-corrected chi connectivity index (χ2v) is 7.36. The van der Waals surface area contributed by atoms with Gasteiger partial charge in [0.1, 0.15) is 0 Å². The number of hydrogen-bond acceptors (Lipinski definition) is 3. The first-order chi connectivity index (χ1) is 12.4. The number of nitrogens with zero attached hydrogens (tertiary/aromatic N) is 2. The van der Waals surface area contributed by atoms with Gasteiger partial charge in [-0.25, -0.2) is 4.68 Å². The van der Waals surface area contributed by atoms with Crippen molar-refractivity contribution in [2.45, 2.75) is 52.0 Å². The Morgan fingerprint density at radius 2 is 1.92 bits per heavy atom. The lowest BCUT2D eigenvalue weighted by atomic mass is 10.0. The Morgan fingerprint density at radius 3 is 2.50 bits per heavy atom. The molecule has 1 saturated carbocycles. The van der Waals surface area contributed by atoms with Crippen LogP contribution in [0.3, 0.4) is 0 Å². The maximum absolute atomic E-state index is 12.8. The predicted octanol–water partition coefficient (Wildman–Crippen LogP) is 3.29. The first-order valence-electron chi connectivity index (χ1n) is 9.05. The Bertz CT molecular complexity index is 808. The largest absolute Gasteiger partial charge is 0.481 e. The summed E-state index contributed by atoms with van der Waals surface area (Å²) in [6, 6.07) is 7.93. The molecule has 0 saturated heterocycles. The Hall–Kier alpha value is -2.63. The van der Waals surface area contributed by atoms with E-state index in [9.17, 15) is 9.59 Å². The number of carbonyl (C=O) groups excluding carboxylic acids is 1. The standard InChI is InChI=1S/C20H25N3O3/c1-12(2)18-17(11-21-23(18)16-8-4-13(3)5-9-16)19(24)22-15-7-6-14(10-15)20(25)26/h4-5,8-9,11-12,14-15H,6-7,10H2,1-3H3,(H,22,24)(H,25,26)/t14-,15+/m0/s1. The molecule has 0 bridgehead atoms. The topological polar surface area (TPSA) is 84.2 Å². The van der Waals surface area contributed by atoms with Crippen LogP contribution in [0.15, 0.2) is 30.5 Å². The first-order valence-corrected chi connectivity index (χ1v) is 9.05. The fourth-order valence-electron chi connectivity index (χ4n) is 3.58. The normalized spacial score (nSPS) is 19.7. The van der Waals surface area contributed by atoms with Crippen molar-refractivity contribution in [1.82, 2.24) is 15.1 Å². The first kappa shape index (κ1) is 18.2. The molecular weight excluding hydrogens is 330 g/mol. The van der Waals surface area contributed by atoms with Crippen LogP contribution in [0.25, 0.3) is 5.69 Å². The van der Waals surface area contributed by atoms with E-state index in [0.29, 0.717) is 24.8 Å². The minimum Gasteiger partial charge on any atom is -0.481 e. The van der Waals surface area contributed by atoms with Gasteiger partial charge in [-0.15, -0.1) is 0 Å². The van der Waals surface area contributed by atoms with Crippen LogP contribution in [-0.4, -0.2) is 32.8 Å². The van der Waals surface area contributed by atoms with Gasteiger partial charge in [-0.05, 0) is 44.2 Å². The van der Waals surface area contributed by atoms with Crippen molar-refractivity contribution in [2.75, 3.05) is 0 Å². The van der Waals surface area contributed by atoms with Gasteiger partial charge in [-0.1, -0.05) is 31.5 Å². The molecule has 138 valence electrons. The number of aromatic nitrogens is 2. The lowest BCUT2D eigenvalue weighted by Crippen LogP contribution is -2.34. The highest BCUT2D eigenvalue weighted by molar-refractivity contribution is 5.95. The van der Waals surface area contributed by atoms with Gasteiger partial charge in [0.2, 0.25) is 0 Å². The number of nitrogens with one attached hydrogen (secondary N) is 1. The van der Waals surface area contributed by atoms with Crippen molar-refractivity contribution < 1.29 is 14.7 Å². The number of rotatable bonds is 5. The van der Waals surface area contributed by atoms with Gasteiger partial charge in [-0.3, -0.25) is 9.59 Å². The molecule has 26 heavy (non-hydrogen) atoms. The molecule has 1 heterocycles. The van der Waals surface area contributed by atoms with Crippen LogP contribution >= 0.6 is 0 Å². The molecule has 2 N–H and O–H groups in total. The third kappa shape index (κ3) is 3.64. The minimum absolute atomic E-state index is 0.0914. The molecule has 2 atom stereocenters. The highest BCUT2D eigenvalue weighted by Gasteiger charge is 2.31. The SMILES string of the molecule is Cc1ccc(-n2ncc(C(=O)N[C@@H]3CC[C@H](C(=O)O)C3)c2C(C)C)cc1. The maximum atomic E-state index is 12.8. The van der Waals surface area contributed by atoms with E-state index in [2.05, 4.69) is 10.4 Å². The van der Waals surface area contributed by atoms with Crippen LogP contribution in [0.5, 0.6) is 0 Å². The number of carboxylic acid groups (broad SMARTS) is 1. The van der Waals surface area contributed by atoms with Crippen LogP contribution < -0.4 is 5.32 Å². The van der Waals surface area contributed by atoms with E-state index in [4.69, 9.17) is 5.11 Å². The summed E-state index contributed by atoms with van der Waals surface area (Å²) in [7, 11) is 0. The van der Waals surface area contributed by atoms with E-state index in [1.807, 2.05) is 49.7 Å². The molecule has 2 aromatic rings. The quantitative estimate of drug-likeness (QED) is 0.862. The van der Waals surface area contributed by atoms with Crippen LogP contribution in [0.4, 0.5) is 0 Å². The van der Waals surface area contributed by atoms with Crippen molar-refractivity contribution in [3.05, 3.63) is 47.3 Å². The summed E-state index contributed by atoms with van der Waals surface area (Å²) in [5.74, 6) is -1.20. The number of benzene rings is 1. The molecule has 1 aromatic carbocycles. The third-order valence-electron chi connectivity index (χ3n) is 4.99. The van der Waals surface area contributed by atoms with Crippen LogP contribution in [0.1, 0.15) is 60.6 Å². The van der Waals surface area contributed by atoms with Crippen LogP contribution in [-0.2, 0) is 4.79 Å². The summed E-state index contributed by atoms with van der Waals surface area (Å²) < 4.78 is 1.81. The number of hydrogen-bond donors (Lipinski definition) is 2. The van der Waals surface area contributed by atoms with Crippen molar-refractivity contribution in [3.8, 4) is 5.69 Å². The van der Waals surface area contributed by atoms with Gasteiger partial charge in [0.05, 0.1) is 29.1 Å². The van der Waals surface area contributed by atoms with Crippen molar-refractivity contribution in [3.63, 3.8) is 0 Å². The lowest BCUT2D eigenvalue weighted by molar-refractivity contribution is -0.141. The molecule has 3 rings (SSSR count). The minimum atomic E-state index is -0.781. The number of aliphatic carboxylic acids is 1. The average molecular weight is 355 g/mol. The Labute approximate surface area is 153 Å². The zero-order chi connectivity index (χ0) is 18.8. The van der Waals surface area contributed by atoms with Crippen molar-refractivity contribution >= 4 is 11.9 Å². The number of aryl methyl sites for hydroxylation is 1. The number of carbonyl (C=O) groups is 2.